The van der Waals surface area contributed by atoms with Gasteiger partial charge in [0.25, 0.3) is 0 Å². The predicted octanol–water partition coefficient (Wildman–Crippen LogP) is 4.74. The molecule has 2 nitrogen and oxygen atoms in total. The predicted molar refractivity (Wildman–Crippen MR) is 79.9 cm³/mol. The van der Waals surface area contributed by atoms with Gasteiger partial charge in [-0.05, 0) is 30.7 Å². The Balaban J connectivity index is 2.13. The van der Waals surface area contributed by atoms with E-state index in [0.717, 1.165) is 5.56 Å². The van der Waals surface area contributed by atoms with Crippen LogP contribution in [0.1, 0.15) is 18.4 Å². The van der Waals surface area contributed by atoms with Gasteiger partial charge in [-0.25, -0.2) is 0 Å². The van der Waals surface area contributed by atoms with E-state index in [0.29, 0.717) is 15.7 Å². The van der Waals surface area contributed by atoms with Crippen LogP contribution in [-0.4, -0.2) is 5.91 Å². The van der Waals surface area contributed by atoms with Crippen LogP contribution in [0.15, 0.2) is 48.5 Å². The van der Waals surface area contributed by atoms with Crippen molar-refractivity contribution in [3.8, 4) is 0 Å². The van der Waals surface area contributed by atoms with Gasteiger partial charge in [-0.2, -0.15) is 0 Å². The molecule has 0 radical (unpaired) electrons. The molecule has 0 aliphatic carbocycles. The first-order valence-electron chi connectivity index (χ1n) is 5.88. The second-order valence-electron chi connectivity index (χ2n) is 4.28. The Kier molecular flexibility index (Phi) is 4.46. The fourth-order valence-corrected chi connectivity index (χ4v) is 2.30. The third-order valence-corrected chi connectivity index (χ3v) is 3.26. The van der Waals surface area contributed by atoms with Crippen molar-refractivity contribution in [2.75, 3.05) is 5.32 Å². The van der Waals surface area contributed by atoms with Crippen molar-refractivity contribution in [2.45, 2.75) is 12.8 Å². The molecule has 0 spiro atoms. The van der Waals surface area contributed by atoms with Crippen LogP contribution in [0.3, 0.4) is 0 Å². The van der Waals surface area contributed by atoms with E-state index >= 15 is 0 Å². The maximum Gasteiger partial charge on any atom is 0.231 e. The molecule has 0 fully saturated rings. The summed E-state index contributed by atoms with van der Waals surface area (Å²) in [4.78, 5) is 12.1. The molecule has 19 heavy (non-hydrogen) atoms. The normalized spacial score (nSPS) is 11.9. The molecule has 0 aliphatic rings. The van der Waals surface area contributed by atoms with Crippen molar-refractivity contribution >= 4 is 34.8 Å². The SMILES string of the molecule is C[C@H](C(=O)Nc1cc(Cl)cc(Cl)c1)c1ccccc1. The second-order valence-corrected chi connectivity index (χ2v) is 5.15. The average molecular weight is 294 g/mol. The van der Waals surface area contributed by atoms with Crippen LogP contribution in [0.25, 0.3) is 0 Å². The molecule has 4 heteroatoms. The Bertz CT molecular complexity index is 564. The van der Waals surface area contributed by atoms with Crippen molar-refractivity contribution < 1.29 is 4.79 Å². The van der Waals surface area contributed by atoms with Gasteiger partial charge in [0.2, 0.25) is 5.91 Å². The molecule has 0 saturated heterocycles. The monoisotopic (exact) mass is 293 g/mol. The number of carbonyl (C=O) groups excluding carboxylic acids is 1. The highest BCUT2D eigenvalue weighted by Crippen LogP contribution is 2.24. The van der Waals surface area contributed by atoms with Gasteiger partial charge in [0.05, 0.1) is 5.92 Å². The summed E-state index contributed by atoms with van der Waals surface area (Å²) in [5.41, 5.74) is 1.57. The quantitative estimate of drug-likeness (QED) is 0.870. The highest BCUT2D eigenvalue weighted by molar-refractivity contribution is 6.35. The number of hydrogen-bond acceptors (Lipinski definition) is 1. The Labute approximate surface area is 122 Å². The summed E-state index contributed by atoms with van der Waals surface area (Å²) in [6.45, 7) is 1.86. The van der Waals surface area contributed by atoms with Crippen molar-refractivity contribution in [3.63, 3.8) is 0 Å². The van der Waals surface area contributed by atoms with Gasteiger partial charge >= 0.3 is 0 Å². The van der Waals surface area contributed by atoms with Gasteiger partial charge in [0, 0.05) is 15.7 Å². The average Bonchev–Trinajstić information content (AvgIpc) is 2.37. The first kappa shape index (κ1) is 13.9. The van der Waals surface area contributed by atoms with E-state index in [1.165, 1.54) is 0 Å². The van der Waals surface area contributed by atoms with Crippen LogP contribution in [0, 0.1) is 0 Å². The van der Waals surface area contributed by atoms with Crippen molar-refractivity contribution in [2.24, 2.45) is 0 Å². The molecule has 0 unspecified atom stereocenters. The molecule has 2 rings (SSSR count). The molecular formula is C15H13Cl2NO. The minimum atomic E-state index is -0.237. The maximum atomic E-state index is 12.1. The van der Waals surface area contributed by atoms with Crippen LogP contribution in [0.2, 0.25) is 10.0 Å². The number of amides is 1. The topological polar surface area (TPSA) is 29.1 Å². The zero-order chi connectivity index (χ0) is 13.8. The molecule has 2 aromatic carbocycles. The lowest BCUT2D eigenvalue weighted by Crippen LogP contribution is -2.18. The molecule has 98 valence electrons. The smallest absolute Gasteiger partial charge is 0.231 e. The summed E-state index contributed by atoms with van der Waals surface area (Å²) >= 11 is 11.8. The molecule has 0 aromatic heterocycles. The van der Waals surface area contributed by atoms with Crippen LogP contribution in [-0.2, 0) is 4.79 Å². The molecule has 1 N–H and O–H groups in total. The summed E-state index contributed by atoms with van der Waals surface area (Å²) in [5.74, 6) is -0.330. The second kappa shape index (κ2) is 6.09. The van der Waals surface area contributed by atoms with Gasteiger partial charge < -0.3 is 5.32 Å². The van der Waals surface area contributed by atoms with Gasteiger partial charge in [0.1, 0.15) is 0 Å². The number of carbonyl (C=O) groups is 1. The largest absolute Gasteiger partial charge is 0.325 e. The minimum absolute atomic E-state index is 0.0930. The fourth-order valence-electron chi connectivity index (χ4n) is 1.77. The van der Waals surface area contributed by atoms with Gasteiger partial charge in [-0.15, -0.1) is 0 Å². The standard InChI is InChI=1S/C15H13Cl2NO/c1-10(11-5-3-2-4-6-11)15(19)18-14-8-12(16)7-13(17)9-14/h2-10H,1H3,(H,18,19)/t10-/m0/s1. The molecule has 1 atom stereocenters. The van der Waals surface area contributed by atoms with Crippen LogP contribution < -0.4 is 5.32 Å². The third-order valence-electron chi connectivity index (χ3n) is 2.82. The van der Waals surface area contributed by atoms with Crippen LogP contribution in [0.5, 0.6) is 0 Å². The first-order chi connectivity index (χ1) is 9.06. The maximum absolute atomic E-state index is 12.1. The number of anilines is 1. The minimum Gasteiger partial charge on any atom is -0.325 e. The summed E-state index contributed by atoms with van der Waals surface area (Å²) in [6.07, 6.45) is 0. The van der Waals surface area contributed by atoms with E-state index in [1.54, 1.807) is 18.2 Å². The highest BCUT2D eigenvalue weighted by atomic mass is 35.5. The molecule has 0 saturated carbocycles. The Morgan fingerprint density at radius 1 is 1.05 bits per heavy atom. The zero-order valence-electron chi connectivity index (χ0n) is 10.4. The lowest BCUT2D eigenvalue weighted by molar-refractivity contribution is -0.117. The molecule has 1 amide bonds. The van der Waals surface area contributed by atoms with Crippen LogP contribution >= 0.6 is 23.2 Å². The van der Waals surface area contributed by atoms with Gasteiger partial charge in [-0.3, -0.25) is 4.79 Å². The van der Waals surface area contributed by atoms with E-state index in [4.69, 9.17) is 23.2 Å². The number of benzene rings is 2. The molecule has 2 aromatic rings. The highest BCUT2D eigenvalue weighted by Gasteiger charge is 2.15. The van der Waals surface area contributed by atoms with Crippen molar-refractivity contribution in [1.29, 1.82) is 0 Å². The fraction of sp³-hybridized carbons (Fsp3) is 0.133. The van der Waals surface area contributed by atoms with Crippen molar-refractivity contribution in [1.82, 2.24) is 0 Å². The third kappa shape index (κ3) is 3.72. The van der Waals surface area contributed by atoms with E-state index in [-0.39, 0.29) is 11.8 Å². The molecule has 0 heterocycles. The number of nitrogens with one attached hydrogen (secondary N) is 1. The van der Waals surface area contributed by atoms with Crippen molar-refractivity contribution in [3.05, 3.63) is 64.1 Å². The van der Waals surface area contributed by atoms with E-state index in [2.05, 4.69) is 5.32 Å². The number of hydrogen-bond donors (Lipinski definition) is 1. The number of halogens is 2. The molecule has 0 bridgehead atoms. The zero-order valence-corrected chi connectivity index (χ0v) is 11.9. The molecular weight excluding hydrogens is 281 g/mol. The van der Waals surface area contributed by atoms with Gasteiger partial charge in [0.15, 0.2) is 0 Å². The number of rotatable bonds is 3. The molecule has 0 aliphatic heterocycles. The lowest BCUT2D eigenvalue weighted by Gasteiger charge is -2.13. The Hall–Kier alpha value is -1.51. The summed E-state index contributed by atoms with van der Waals surface area (Å²) in [7, 11) is 0. The Morgan fingerprint density at radius 3 is 2.21 bits per heavy atom. The Morgan fingerprint density at radius 2 is 1.63 bits per heavy atom. The summed E-state index contributed by atoms with van der Waals surface area (Å²) < 4.78 is 0. The lowest BCUT2D eigenvalue weighted by atomic mass is 10.0. The van der Waals surface area contributed by atoms with E-state index < -0.39 is 0 Å². The first-order valence-corrected chi connectivity index (χ1v) is 6.64. The van der Waals surface area contributed by atoms with E-state index in [9.17, 15) is 4.79 Å². The van der Waals surface area contributed by atoms with E-state index in [1.807, 2.05) is 37.3 Å². The summed E-state index contributed by atoms with van der Waals surface area (Å²) in [5, 5.41) is 3.81. The van der Waals surface area contributed by atoms with Gasteiger partial charge in [-0.1, -0.05) is 53.5 Å². The summed E-state index contributed by atoms with van der Waals surface area (Å²) in [6, 6.07) is 14.6. The van der Waals surface area contributed by atoms with Crippen LogP contribution in [0.4, 0.5) is 5.69 Å².